The van der Waals surface area contributed by atoms with Crippen LogP contribution in [0.4, 0.5) is 16.2 Å². The number of carbonyl (C=O) groups excluding carboxylic acids is 2. The van der Waals surface area contributed by atoms with Crippen molar-refractivity contribution in [2.75, 3.05) is 17.3 Å². The molecule has 1 aromatic heterocycles. The largest absolute Gasteiger partial charge is 0.477 e. The summed E-state index contributed by atoms with van der Waals surface area (Å²) >= 11 is 12.4. The van der Waals surface area contributed by atoms with Gasteiger partial charge in [0, 0.05) is 22.3 Å². The van der Waals surface area contributed by atoms with Gasteiger partial charge in [0.15, 0.2) is 0 Å². The Hall–Kier alpha value is -3.69. The predicted octanol–water partition coefficient (Wildman–Crippen LogP) is 5.27. The lowest BCUT2D eigenvalue weighted by Crippen LogP contribution is -2.45. The molecule has 182 valence electrons. The van der Waals surface area contributed by atoms with Crippen molar-refractivity contribution >= 4 is 69.6 Å². The first-order valence-corrected chi connectivity index (χ1v) is 11.3. The second-order valence-corrected chi connectivity index (χ2v) is 9.77. The van der Waals surface area contributed by atoms with E-state index in [9.17, 15) is 19.5 Å². The van der Waals surface area contributed by atoms with Crippen LogP contribution >= 0.6 is 23.2 Å². The van der Waals surface area contributed by atoms with Gasteiger partial charge in [0.2, 0.25) is 0 Å². The van der Waals surface area contributed by atoms with E-state index < -0.39 is 23.6 Å². The lowest BCUT2D eigenvalue weighted by atomic mass is 10.2. The molecular formula is C24H22Cl2N4O5. The van der Waals surface area contributed by atoms with E-state index in [2.05, 4.69) is 0 Å². The maximum Gasteiger partial charge on any atom is 0.430 e. The van der Waals surface area contributed by atoms with E-state index in [0.29, 0.717) is 27.3 Å². The summed E-state index contributed by atoms with van der Waals surface area (Å²) in [6, 6.07) is 10.8. The van der Waals surface area contributed by atoms with Gasteiger partial charge < -0.3 is 20.1 Å². The van der Waals surface area contributed by atoms with Crippen molar-refractivity contribution in [2.45, 2.75) is 26.4 Å². The number of benzene rings is 2. The van der Waals surface area contributed by atoms with Gasteiger partial charge in [-0.1, -0.05) is 23.2 Å². The number of carbonyl (C=O) groups is 3. The van der Waals surface area contributed by atoms with Crippen LogP contribution in [-0.2, 0) is 9.53 Å². The van der Waals surface area contributed by atoms with Gasteiger partial charge in [-0.25, -0.2) is 19.6 Å². The average Bonchev–Trinajstić information content (AvgIpc) is 3.27. The van der Waals surface area contributed by atoms with Crippen molar-refractivity contribution in [1.82, 2.24) is 9.58 Å². The van der Waals surface area contributed by atoms with E-state index >= 15 is 0 Å². The van der Waals surface area contributed by atoms with E-state index in [-0.39, 0.29) is 22.8 Å². The number of halogens is 2. The molecule has 0 spiro atoms. The highest BCUT2D eigenvalue weighted by Crippen LogP contribution is 2.33. The number of hydrogen-bond acceptors (Lipinski definition) is 5. The predicted molar refractivity (Wildman–Crippen MR) is 134 cm³/mol. The number of fused-ring (bicyclic) bond motifs is 1. The average molecular weight is 517 g/mol. The number of hydrazine groups is 1. The van der Waals surface area contributed by atoms with Gasteiger partial charge in [-0.3, -0.25) is 4.79 Å². The summed E-state index contributed by atoms with van der Waals surface area (Å²) in [7, 11) is 0. The number of nitrogen functional groups attached to an aromatic ring is 1. The van der Waals surface area contributed by atoms with E-state index in [4.69, 9.17) is 33.7 Å². The summed E-state index contributed by atoms with van der Waals surface area (Å²) in [5, 5.41) is 13.1. The number of rotatable bonds is 3. The number of nitrogens with two attached hydrogens (primary N) is 1. The molecule has 0 radical (unpaired) electrons. The van der Waals surface area contributed by atoms with Crippen LogP contribution in [0.1, 0.15) is 31.3 Å². The summed E-state index contributed by atoms with van der Waals surface area (Å²) in [5.74, 6) is -1.76. The lowest BCUT2D eigenvalue weighted by Gasteiger charge is -2.30. The zero-order valence-corrected chi connectivity index (χ0v) is 20.6. The molecule has 2 aromatic carbocycles. The van der Waals surface area contributed by atoms with Gasteiger partial charge in [-0.15, -0.1) is 0 Å². The van der Waals surface area contributed by atoms with Gasteiger partial charge >= 0.3 is 12.1 Å². The lowest BCUT2D eigenvalue weighted by molar-refractivity contribution is -0.115. The molecule has 1 aliphatic rings. The zero-order valence-electron chi connectivity index (χ0n) is 19.1. The van der Waals surface area contributed by atoms with E-state index in [1.54, 1.807) is 51.1 Å². The van der Waals surface area contributed by atoms with Crippen molar-refractivity contribution in [2.24, 2.45) is 0 Å². The fourth-order valence-corrected chi connectivity index (χ4v) is 4.22. The van der Waals surface area contributed by atoms with Crippen LogP contribution in [0.3, 0.4) is 0 Å². The third kappa shape index (κ3) is 4.78. The van der Waals surface area contributed by atoms with Gasteiger partial charge in [0.1, 0.15) is 11.3 Å². The number of ether oxygens (including phenoxy) is 1. The number of aromatic nitrogens is 1. The summed E-state index contributed by atoms with van der Waals surface area (Å²) in [4.78, 5) is 38.5. The third-order valence-electron chi connectivity index (χ3n) is 5.15. The van der Waals surface area contributed by atoms with Crippen LogP contribution < -0.4 is 10.7 Å². The monoisotopic (exact) mass is 516 g/mol. The minimum Gasteiger partial charge on any atom is -0.477 e. The molecule has 4 rings (SSSR count). The van der Waals surface area contributed by atoms with Crippen molar-refractivity contribution in [3.63, 3.8) is 0 Å². The number of carboxylic acids is 1. The van der Waals surface area contributed by atoms with E-state index in [1.807, 2.05) is 0 Å². The van der Waals surface area contributed by atoms with Crippen molar-refractivity contribution in [1.29, 1.82) is 0 Å². The Morgan fingerprint density at radius 2 is 1.77 bits per heavy atom. The van der Waals surface area contributed by atoms with Crippen LogP contribution in [0.15, 0.2) is 48.0 Å². The number of aromatic carboxylic acids is 1. The smallest absolute Gasteiger partial charge is 0.430 e. The van der Waals surface area contributed by atoms with Gasteiger partial charge in [0.05, 0.1) is 28.3 Å². The molecule has 0 atom stereocenters. The normalized spacial score (nSPS) is 15.3. The Morgan fingerprint density at radius 1 is 1.11 bits per heavy atom. The number of anilines is 2. The van der Waals surface area contributed by atoms with Crippen molar-refractivity contribution in [3.8, 4) is 0 Å². The maximum atomic E-state index is 13.5. The molecule has 9 nitrogen and oxygen atoms in total. The third-order valence-corrected chi connectivity index (χ3v) is 5.68. The first-order valence-electron chi connectivity index (χ1n) is 10.5. The number of carboxylic acid groups (broad SMARTS) is 1. The molecule has 1 fully saturated rings. The molecular weight excluding hydrogens is 495 g/mol. The second-order valence-electron chi connectivity index (χ2n) is 8.93. The van der Waals surface area contributed by atoms with Gasteiger partial charge in [-0.2, -0.15) is 0 Å². The summed E-state index contributed by atoms with van der Waals surface area (Å²) < 4.78 is 6.82. The highest BCUT2D eigenvalue weighted by molar-refractivity contribution is 6.38. The Labute approximate surface area is 210 Å². The quantitative estimate of drug-likeness (QED) is 0.361. The van der Waals surface area contributed by atoms with Gasteiger partial charge in [0.25, 0.3) is 5.91 Å². The van der Waals surface area contributed by atoms with Crippen LogP contribution in [-0.4, -0.2) is 44.8 Å². The standard InChI is InChI=1S/C24H22Cl2N4O5/c1-24(2,3)35-23(34)29-12-13(21(31)30(29)16-6-4-15(27)5-7-16)11-28-19-9-14(25)8-18(26)17(19)10-20(28)22(32)33/h4-11H,12,27H2,1-3H3,(H,32,33). The number of hydrogen-bond donors (Lipinski definition) is 2. The summed E-state index contributed by atoms with van der Waals surface area (Å²) in [6.07, 6.45) is 0.628. The van der Waals surface area contributed by atoms with Crippen LogP contribution in [0.2, 0.25) is 10.0 Å². The summed E-state index contributed by atoms with van der Waals surface area (Å²) in [6.45, 7) is 4.98. The molecule has 0 bridgehead atoms. The molecule has 0 saturated carbocycles. The fraction of sp³-hybridized carbons (Fsp3) is 0.208. The Morgan fingerprint density at radius 3 is 2.37 bits per heavy atom. The molecule has 3 aromatic rings. The maximum absolute atomic E-state index is 13.5. The molecule has 1 aliphatic heterocycles. The number of nitrogens with zero attached hydrogens (tertiary/aromatic N) is 3. The minimum atomic E-state index is -1.23. The highest BCUT2D eigenvalue weighted by atomic mass is 35.5. The van der Waals surface area contributed by atoms with Crippen molar-refractivity contribution in [3.05, 3.63) is 63.8 Å². The van der Waals surface area contributed by atoms with Crippen LogP contribution in [0, 0.1) is 0 Å². The Balaban J connectivity index is 1.86. The Bertz CT molecular complexity index is 1390. The van der Waals surface area contributed by atoms with E-state index in [1.165, 1.54) is 27.9 Å². The molecule has 2 heterocycles. The molecule has 3 N–H and O–H groups in total. The topological polar surface area (TPSA) is 118 Å². The molecule has 11 heteroatoms. The molecule has 0 unspecified atom stereocenters. The van der Waals surface area contributed by atoms with E-state index in [0.717, 1.165) is 5.01 Å². The first kappa shape index (κ1) is 24.4. The highest BCUT2D eigenvalue weighted by Gasteiger charge is 2.40. The van der Waals surface area contributed by atoms with Crippen LogP contribution in [0.25, 0.3) is 17.1 Å². The van der Waals surface area contributed by atoms with Crippen molar-refractivity contribution < 1.29 is 24.2 Å². The fourth-order valence-electron chi connectivity index (χ4n) is 3.68. The number of amides is 2. The zero-order chi connectivity index (χ0) is 25.7. The summed E-state index contributed by atoms with van der Waals surface area (Å²) in [5.41, 5.74) is 6.26. The molecule has 0 aliphatic carbocycles. The molecule has 1 saturated heterocycles. The SMILES string of the molecule is CC(C)(C)OC(=O)N1CC(=Cn2c(C(=O)O)cc3c(Cl)cc(Cl)cc32)C(=O)N1c1ccc(N)cc1. The molecule has 2 amide bonds. The van der Waals surface area contributed by atoms with Crippen LogP contribution in [0.5, 0.6) is 0 Å². The van der Waals surface area contributed by atoms with Gasteiger partial charge in [-0.05, 0) is 63.2 Å². The minimum absolute atomic E-state index is 0.126. The Kier molecular flexibility index (Phi) is 6.16. The first-order chi connectivity index (χ1) is 16.4. The second kappa shape index (κ2) is 8.83. The molecule has 35 heavy (non-hydrogen) atoms.